The third kappa shape index (κ3) is 4.80. The normalized spacial score (nSPS) is 10.1. The van der Waals surface area contributed by atoms with Gasteiger partial charge in [-0.25, -0.2) is 0 Å². The minimum atomic E-state index is -0.190. The topological polar surface area (TPSA) is 78.3 Å². The maximum absolute atomic E-state index is 12.6. The average Bonchev–Trinajstić information content (AvgIpc) is 2.71. The molecule has 1 aromatic heterocycles. The standard InChI is InChI=1S/C20H22N4O3.HI/c1-24-19(25)18(15-7-5-4-6-8-15)22-23-20(24)21-12-11-14-9-10-16(26-2)17(13-14)27-3;/h4-10,13H,11-12H2,1-3H3,(H,21,23);1H. The van der Waals surface area contributed by atoms with Gasteiger partial charge in [0, 0.05) is 19.2 Å². The quantitative estimate of drug-likeness (QED) is 0.509. The van der Waals surface area contributed by atoms with Crippen LogP contribution in [0.4, 0.5) is 5.95 Å². The molecule has 1 N–H and O–H groups in total. The summed E-state index contributed by atoms with van der Waals surface area (Å²) in [4.78, 5) is 12.6. The van der Waals surface area contributed by atoms with Crippen molar-refractivity contribution >= 4 is 29.9 Å². The fraction of sp³-hybridized carbons (Fsp3) is 0.250. The Hall–Kier alpha value is -2.62. The second kappa shape index (κ2) is 10.1. The van der Waals surface area contributed by atoms with E-state index in [4.69, 9.17) is 9.47 Å². The van der Waals surface area contributed by atoms with Crippen molar-refractivity contribution in [1.82, 2.24) is 14.8 Å². The summed E-state index contributed by atoms with van der Waals surface area (Å²) >= 11 is 0. The molecule has 0 spiro atoms. The molecule has 28 heavy (non-hydrogen) atoms. The molecule has 0 amide bonds. The van der Waals surface area contributed by atoms with Crippen LogP contribution >= 0.6 is 24.0 Å². The Morgan fingerprint density at radius 1 is 1.00 bits per heavy atom. The van der Waals surface area contributed by atoms with Crippen LogP contribution in [0, 0.1) is 0 Å². The monoisotopic (exact) mass is 494 g/mol. The molecule has 1 heterocycles. The van der Waals surface area contributed by atoms with E-state index in [1.54, 1.807) is 21.3 Å². The van der Waals surface area contributed by atoms with Crippen molar-refractivity contribution in [3.8, 4) is 22.8 Å². The van der Waals surface area contributed by atoms with Gasteiger partial charge in [0.15, 0.2) is 17.2 Å². The number of methoxy groups -OCH3 is 2. The zero-order valence-corrected chi connectivity index (χ0v) is 18.3. The van der Waals surface area contributed by atoms with Crippen LogP contribution in [-0.2, 0) is 13.5 Å². The molecule has 3 rings (SSSR count). The lowest BCUT2D eigenvalue weighted by molar-refractivity contribution is 0.354. The van der Waals surface area contributed by atoms with E-state index in [0.29, 0.717) is 29.7 Å². The highest BCUT2D eigenvalue weighted by molar-refractivity contribution is 14.0. The van der Waals surface area contributed by atoms with E-state index in [9.17, 15) is 4.79 Å². The summed E-state index contributed by atoms with van der Waals surface area (Å²) in [5.41, 5.74) is 1.98. The average molecular weight is 494 g/mol. The number of benzene rings is 2. The van der Waals surface area contributed by atoms with Crippen LogP contribution < -0.4 is 20.3 Å². The SMILES string of the molecule is COc1ccc(CCNc2nnc(-c3ccccc3)c(=O)n2C)cc1OC.I. The second-order valence-corrected chi connectivity index (χ2v) is 5.97. The van der Waals surface area contributed by atoms with Gasteiger partial charge >= 0.3 is 0 Å². The van der Waals surface area contributed by atoms with Crippen LogP contribution in [0.2, 0.25) is 0 Å². The van der Waals surface area contributed by atoms with E-state index in [1.807, 2.05) is 48.5 Å². The largest absolute Gasteiger partial charge is 0.493 e. The molecule has 7 nitrogen and oxygen atoms in total. The van der Waals surface area contributed by atoms with Gasteiger partial charge in [0.1, 0.15) is 0 Å². The first-order chi connectivity index (χ1) is 13.1. The Bertz CT molecular complexity index is 977. The van der Waals surface area contributed by atoms with Crippen LogP contribution in [0.3, 0.4) is 0 Å². The van der Waals surface area contributed by atoms with E-state index in [-0.39, 0.29) is 29.5 Å². The van der Waals surface area contributed by atoms with Crippen molar-refractivity contribution in [2.24, 2.45) is 7.05 Å². The summed E-state index contributed by atoms with van der Waals surface area (Å²) in [6.45, 7) is 0.599. The van der Waals surface area contributed by atoms with Gasteiger partial charge in [0.05, 0.1) is 14.2 Å². The van der Waals surface area contributed by atoms with Gasteiger partial charge in [-0.15, -0.1) is 34.2 Å². The van der Waals surface area contributed by atoms with Crippen LogP contribution in [0.15, 0.2) is 53.3 Å². The highest BCUT2D eigenvalue weighted by atomic mass is 127. The molecule has 3 aromatic rings. The highest BCUT2D eigenvalue weighted by Crippen LogP contribution is 2.27. The predicted molar refractivity (Wildman–Crippen MR) is 120 cm³/mol. The van der Waals surface area contributed by atoms with Gasteiger partial charge in [0.2, 0.25) is 5.95 Å². The molecule has 148 valence electrons. The Balaban J connectivity index is 0.00000280. The van der Waals surface area contributed by atoms with Crippen LogP contribution in [-0.4, -0.2) is 35.5 Å². The molecule has 8 heteroatoms. The fourth-order valence-electron chi connectivity index (χ4n) is 2.75. The zero-order chi connectivity index (χ0) is 19.2. The molecule has 0 radical (unpaired) electrons. The van der Waals surface area contributed by atoms with Gasteiger partial charge in [-0.1, -0.05) is 36.4 Å². The third-order valence-corrected chi connectivity index (χ3v) is 4.26. The summed E-state index contributed by atoms with van der Waals surface area (Å²) in [6, 6.07) is 15.1. The maximum atomic E-state index is 12.6. The Morgan fingerprint density at radius 2 is 1.71 bits per heavy atom. The summed E-state index contributed by atoms with van der Waals surface area (Å²) in [5, 5.41) is 11.4. The Kier molecular flexibility index (Phi) is 7.80. The molecule has 0 aliphatic rings. The molecule has 0 unspecified atom stereocenters. The number of nitrogens with zero attached hydrogens (tertiary/aromatic N) is 3. The van der Waals surface area contributed by atoms with E-state index < -0.39 is 0 Å². The van der Waals surface area contributed by atoms with Crippen molar-refractivity contribution in [1.29, 1.82) is 0 Å². The first-order valence-corrected chi connectivity index (χ1v) is 8.58. The van der Waals surface area contributed by atoms with Crippen LogP contribution in [0.25, 0.3) is 11.3 Å². The Morgan fingerprint density at radius 3 is 2.39 bits per heavy atom. The summed E-state index contributed by atoms with van der Waals surface area (Å²) in [6.07, 6.45) is 0.733. The molecule has 0 aliphatic heterocycles. The number of hydrogen-bond donors (Lipinski definition) is 1. The van der Waals surface area contributed by atoms with E-state index >= 15 is 0 Å². The van der Waals surface area contributed by atoms with Crippen molar-refractivity contribution in [3.05, 3.63) is 64.4 Å². The van der Waals surface area contributed by atoms with Crippen molar-refractivity contribution in [2.45, 2.75) is 6.42 Å². The fourth-order valence-corrected chi connectivity index (χ4v) is 2.75. The van der Waals surface area contributed by atoms with E-state index in [2.05, 4.69) is 15.5 Å². The Labute approximate surface area is 180 Å². The predicted octanol–water partition coefficient (Wildman–Crippen LogP) is 3.13. The minimum absolute atomic E-state index is 0. The number of ether oxygens (including phenoxy) is 2. The lowest BCUT2D eigenvalue weighted by atomic mass is 10.1. The molecule has 0 aliphatic carbocycles. The molecule has 0 saturated heterocycles. The highest BCUT2D eigenvalue weighted by Gasteiger charge is 2.11. The van der Waals surface area contributed by atoms with E-state index in [0.717, 1.165) is 17.5 Å². The lowest BCUT2D eigenvalue weighted by Gasteiger charge is -2.12. The van der Waals surface area contributed by atoms with Gasteiger partial charge in [-0.3, -0.25) is 9.36 Å². The van der Waals surface area contributed by atoms with Gasteiger partial charge in [0.25, 0.3) is 5.56 Å². The van der Waals surface area contributed by atoms with Gasteiger partial charge in [-0.2, -0.15) is 0 Å². The summed E-state index contributed by atoms with van der Waals surface area (Å²) in [5.74, 6) is 1.81. The smallest absolute Gasteiger partial charge is 0.281 e. The maximum Gasteiger partial charge on any atom is 0.281 e. The minimum Gasteiger partial charge on any atom is -0.493 e. The number of rotatable bonds is 7. The summed E-state index contributed by atoms with van der Waals surface area (Å²) in [7, 11) is 4.90. The molecular weight excluding hydrogens is 471 g/mol. The van der Waals surface area contributed by atoms with Gasteiger partial charge < -0.3 is 14.8 Å². The molecule has 0 fully saturated rings. The van der Waals surface area contributed by atoms with Crippen molar-refractivity contribution in [3.63, 3.8) is 0 Å². The summed E-state index contributed by atoms with van der Waals surface area (Å²) < 4.78 is 12.0. The molecule has 0 atom stereocenters. The number of aromatic nitrogens is 3. The van der Waals surface area contributed by atoms with Crippen LogP contribution in [0.1, 0.15) is 5.56 Å². The number of nitrogens with one attached hydrogen (secondary N) is 1. The zero-order valence-electron chi connectivity index (χ0n) is 16.0. The number of hydrogen-bond acceptors (Lipinski definition) is 6. The third-order valence-electron chi connectivity index (χ3n) is 4.26. The lowest BCUT2D eigenvalue weighted by Crippen LogP contribution is -2.25. The number of anilines is 1. The molecule has 2 aromatic carbocycles. The van der Waals surface area contributed by atoms with E-state index in [1.165, 1.54) is 4.57 Å². The first-order valence-electron chi connectivity index (χ1n) is 8.58. The molecular formula is C20H23IN4O3. The van der Waals surface area contributed by atoms with Crippen LogP contribution in [0.5, 0.6) is 11.5 Å². The molecule has 0 bridgehead atoms. The van der Waals surface area contributed by atoms with Crippen molar-refractivity contribution < 1.29 is 9.47 Å². The van der Waals surface area contributed by atoms with Gasteiger partial charge in [-0.05, 0) is 24.1 Å². The van der Waals surface area contributed by atoms with Crippen molar-refractivity contribution in [2.75, 3.05) is 26.1 Å². The first kappa shape index (κ1) is 21.7. The second-order valence-electron chi connectivity index (χ2n) is 5.97. The molecule has 0 saturated carbocycles. The number of halogens is 1.